The van der Waals surface area contributed by atoms with E-state index >= 15 is 0 Å². The molecular weight excluding hydrogens is 236 g/mol. The number of hydrogen-bond acceptors (Lipinski definition) is 5. The molecule has 5 nitrogen and oxygen atoms in total. The number of carbonyl (C=O) groups is 3. The van der Waals surface area contributed by atoms with Crippen molar-refractivity contribution in [2.24, 2.45) is 0 Å². The SMILES string of the molecule is CC(=O)Oc1ccc2c(c1)OC(=O)CC2C(C)=O. The molecule has 1 aromatic carbocycles. The Morgan fingerprint density at radius 2 is 2.06 bits per heavy atom. The van der Waals surface area contributed by atoms with Crippen LogP contribution in [0, 0.1) is 0 Å². The van der Waals surface area contributed by atoms with Crippen LogP contribution in [-0.4, -0.2) is 17.7 Å². The molecule has 0 bridgehead atoms. The molecule has 0 saturated carbocycles. The standard InChI is InChI=1S/C13H12O5/c1-7(14)11-6-13(16)18-12-5-9(17-8(2)15)3-4-10(11)12/h3-5,11H,6H2,1-2H3. The lowest BCUT2D eigenvalue weighted by atomic mass is 9.90. The highest BCUT2D eigenvalue weighted by molar-refractivity contribution is 5.91. The van der Waals surface area contributed by atoms with Gasteiger partial charge >= 0.3 is 11.9 Å². The normalized spacial score (nSPS) is 17.7. The lowest BCUT2D eigenvalue weighted by molar-refractivity contribution is -0.138. The van der Waals surface area contributed by atoms with E-state index in [1.807, 2.05) is 0 Å². The maximum atomic E-state index is 11.5. The van der Waals surface area contributed by atoms with E-state index in [9.17, 15) is 14.4 Å². The quantitative estimate of drug-likeness (QED) is 0.587. The van der Waals surface area contributed by atoms with E-state index in [-0.39, 0.29) is 18.0 Å². The second kappa shape index (κ2) is 4.60. The minimum atomic E-state index is -0.479. The Morgan fingerprint density at radius 3 is 2.67 bits per heavy atom. The zero-order chi connectivity index (χ0) is 13.3. The molecule has 0 radical (unpaired) electrons. The monoisotopic (exact) mass is 248 g/mol. The van der Waals surface area contributed by atoms with Gasteiger partial charge in [-0.25, -0.2) is 0 Å². The predicted octanol–water partition coefficient (Wildman–Crippen LogP) is 1.59. The van der Waals surface area contributed by atoms with Gasteiger partial charge in [-0.2, -0.15) is 0 Å². The van der Waals surface area contributed by atoms with E-state index < -0.39 is 17.9 Å². The summed E-state index contributed by atoms with van der Waals surface area (Å²) in [5.74, 6) is -0.910. The maximum absolute atomic E-state index is 11.5. The summed E-state index contributed by atoms with van der Waals surface area (Å²) in [5.41, 5.74) is 0.651. The van der Waals surface area contributed by atoms with Crippen molar-refractivity contribution >= 4 is 17.7 Å². The summed E-state index contributed by atoms with van der Waals surface area (Å²) >= 11 is 0. The summed E-state index contributed by atoms with van der Waals surface area (Å²) < 4.78 is 9.95. The Bertz CT molecular complexity index is 532. The zero-order valence-electron chi connectivity index (χ0n) is 10.1. The van der Waals surface area contributed by atoms with Gasteiger partial charge in [0.1, 0.15) is 17.3 Å². The lowest BCUT2D eigenvalue weighted by Crippen LogP contribution is -2.24. The van der Waals surface area contributed by atoms with Crippen LogP contribution >= 0.6 is 0 Å². The molecule has 1 aliphatic heterocycles. The molecule has 0 saturated heterocycles. The third kappa shape index (κ3) is 2.40. The van der Waals surface area contributed by atoms with Crippen LogP contribution in [0.4, 0.5) is 0 Å². The number of fused-ring (bicyclic) bond motifs is 1. The fourth-order valence-electron chi connectivity index (χ4n) is 1.92. The predicted molar refractivity (Wildman–Crippen MR) is 61.4 cm³/mol. The first kappa shape index (κ1) is 12.3. The fourth-order valence-corrected chi connectivity index (χ4v) is 1.92. The van der Waals surface area contributed by atoms with Crippen LogP contribution in [0.1, 0.15) is 31.7 Å². The van der Waals surface area contributed by atoms with E-state index in [1.54, 1.807) is 12.1 Å². The molecule has 0 fully saturated rings. The van der Waals surface area contributed by atoms with Gasteiger partial charge in [-0.1, -0.05) is 6.07 Å². The molecule has 0 aliphatic carbocycles. The number of Topliss-reactive ketones (excluding diaryl/α,β-unsaturated/α-hetero) is 1. The number of ketones is 1. The van der Waals surface area contributed by atoms with Crippen molar-refractivity contribution in [3.63, 3.8) is 0 Å². The van der Waals surface area contributed by atoms with Gasteiger partial charge in [-0.15, -0.1) is 0 Å². The molecule has 1 unspecified atom stereocenters. The summed E-state index contributed by atoms with van der Waals surface area (Å²) in [6.07, 6.45) is 0.0508. The Morgan fingerprint density at radius 1 is 1.33 bits per heavy atom. The number of ether oxygens (including phenoxy) is 2. The van der Waals surface area contributed by atoms with Gasteiger partial charge in [0.2, 0.25) is 0 Å². The maximum Gasteiger partial charge on any atom is 0.312 e. The molecule has 1 aliphatic rings. The van der Waals surface area contributed by atoms with Crippen LogP contribution in [0.15, 0.2) is 18.2 Å². The summed E-state index contributed by atoms with van der Waals surface area (Å²) in [4.78, 5) is 33.7. The molecule has 0 spiro atoms. The van der Waals surface area contributed by atoms with Crippen molar-refractivity contribution in [1.29, 1.82) is 0 Å². The van der Waals surface area contributed by atoms with Crippen LogP contribution in [0.3, 0.4) is 0 Å². The van der Waals surface area contributed by atoms with Crippen molar-refractivity contribution in [1.82, 2.24) is 0 Å². The summed E-state index contributed by atoms with van der Waals surface area (Å²) in [7, 11) is 0. The van der Waals surface area contributed by atoms with Crippen molar-refractivity contribution in [2.45, 2.75) is 26.2 Å². The molecule has 94 valence electrons. The number of esters is 2. The summed E-state index contributed by atoms with van der Waals surface area (Å²) in [6.45, 7) is 2.72. The first-order valence-corrected chi connectivity index (χ1v) is 5.51. The van der Waals surface area contributed by atoms with Crippen molar-refractivity contribution in [2.75, 3.05) is 0 Å². The molecule has 1 heterocycles. The second-order valence-electron chi connectivity index (χ2n) is 4.13. The van der Waals surface area contributed by atoms with Crippen LogP contribution in [0.2, 0.25) is 0 Å². The van der Waals surface area contributed by atoms with Gasteiger partial charge < -0.3 is 9.47 Å². The van der Waals surface area contributed by atoms with E-state index in [0.29, 0.717) is 11.3 Å². The summed E-state index contributed by atoms with van der Waals surface area (Å²) in [6, 6.07) is 4.67. The minimum absolute atomic E-state index is 0.0508. The van der Waals surface area contributed by atoms with E-state index in [2.05, 4.69) is 0 Å². The highest BCUT2D eigenvalue weighted by Gasteiger charge is 2.30. The van der Waals surface area contributed by atoms with Crippen LogP contribution in [0.5, 0.6) is 11.5 Å². The molecule has 0 aromatic heterocycles. The van der Waals surface area contributed by atoms with Crippen LogP contribution in [0.25, 0.3) is 0 Å². The number of rotatable bonds is 2. The van der Waals surface area contributed by atoms with Gasteiger partial charge in [0.25, 0.3) is 0 Å². The topological polar surface area (TPSA) is 69.7 Å². The molecule has 1 aromatic rings. The highest BCUT2D eigenvalue weighted by Crippen LogP contribution is 2.37. The Labute approximate surface area is 104 Å². The van der Waals surface area contributed by atoms with Crippen molar-refractivity contribution in [3.8, 4) is 11.5 Å². The third-order valence-corrected chi connectivity index (χ3v) is 2.71. The molecule has 1 atom stereocenters. The molecule has 18 heavy (non-hydrogen) atoms. The van der Waals surface area contributed by atoms with Crippen molar-refractivity contribution in [3.05, 3.63) is 23.8 Å². The minimum Gasteiger partial charge on any atom is -0.427 e. The summed E-state index contributed by atoms with van der Waals surface area (Å²) in [5, 5.41) is 0. The fraction of sp³-hybridized carbons (Fsp3) is 0.308. The average Bonchev–Trinajstić information content (AvgIpc) is 2.26. The van der Waals surface area contributed by atoms with E-state index in [4.69, 9.17) is 9.47 Å². The Hall–Kier alpha value is -2.17. The van der Waals surface area contributed by atoms with Crippen LogP contribution < -0.4 is 9.47 Å². The molecule has 0 N–H and O–H groups in total. The lowest BCUT2D eigenvalue weighted by Gasteiger charge is -2.22. The van der Waals surface area contributed by atoms with Gasteiger partial charge in [-0.05, 0) is 13.0 Å². The van der Waals surface area contributed by atoms with Crippen molar-refractivity contribution < 1.29 is 23.9 Å². The van der Waals surface area contributed by atoms with E-state index in [0.717, 1.165) is 0 Å². The zero-order valence-corrected chi connectivity index (χ0v) is 10.1. The molecular formula is C13H12O5. The number of benzene rings is 1. The number of hydrogen-bond donors (Lipinski definition) is 0. The highest BCUT2D eigenvalue weighted by atomic mass is 16.5. The third-order valence-electron chi connectivity index (χ3n) is 2.71. The van der Waals surface area contributed by atoms with E-state index in [1.165, 1.54) is 19.9 Å². The average molecular weight is 248 g/mol. The second-order valence-corrected chi connectivity index (χ2v) is 4.13. The van der Waals surface area contributed by atoms with Gasteiger partial charge in [0, 0.05) is 18.6 Å². The Balaban J connectivity index is 2.39. The van der Waals surface area contributed by atoms with Crippen LogP contribution in [-0.2, 0) is 14.4 Å². The first-order chi connectivity index (χ1) is 8.47. The molecule has 2 rings (SSSR count). The molecule has 5 heteroatoms. The van der Waals surface area contributed by atoms with Gasteiger partial charge in [-0.3, -0.25) is 14.4 Å². The Kier molecular flexibility index (Phi) is 3.14. The van der Waals surface area contributed by atoms with Gasteiger partial charge in [0.15, 0.2) is 0 Å². The first-order valence-electron chi connectivity index (χ1n) is 5.51. The smallest absolute Gasteiger partial charge is 0.312 e. The number of carbonyl (C=O) groups excluding carboxylic acids is 3. The molecule has 0 amide bonds. The largest absolute Gasteiger partial charge is 0.427 e. The van der Waals surface area contributed by atoms with Gasteiger partial charge in [0.05, 0.1) is 12.3 Å².